The second kappa shape index (κ2) is 39.3. The number of ether oxygens (including phenoxy) is 1. The average molecular weight is 1300 g/mol. The number of likely N-dealkylation sites (N-methyl/N-ethyl adjacent to an activating group) is 7. The molecule has 22 heteroatoms. The third-order valence-corrected chi connectivity index (χ3v) is 18.6. The molecule has 0 aromatic heterocycles. The molecule has 0 aromatic rings. The van der Waals surface area contributed by atoms with E-state index in [0.717, 1.165) is 4.90 Å². The van der Waals surface area contributed by atoms with Gasteiger partial charge < -0.3 is 54.4 Å². The Morgan fingerprint density at radius 3 is 1.45 bits per heavy atom. The highest BCUT2D eigenvalue weighted by Crippen LogP contribution is 2.30. The summed E-state index contributed by atoms with van der Waals surface area (Å²) in [7, 11) is 15.5. The first-order valence-corrected chi connectivity index (χ1v) is 33.8. The highest BCUT2D eigenvalue weighted by Gasteiger charge is 2.47. The van der Waals surface area contributed by atoms with Gasteiger partial charge in [-0.25, -0.2) is 0 Å². The maximum Gasteiger partial charge on any atom is 0.246 e. The molecule has 22 nitrogen and oxygen atoms in total. The van der Waals surface area contributed by atoms with Crippen molar-refractivity contribution in [2.45, 2.75) is 229 Å². The van der Waals surface area contributed by atoms with Crippen LogP contribution in [0.25, 0.3) is 0 Å². The maximum atomic E-state index is 15.3. The van der Waals surface area contributed by atoms with Crippen LogP contribution in [0, 0.1) is 59.2 Å². The zero-order valence-electron chi connectivity index (χ0n) is 61.5. The highest BCUT2D eigenvalue weighted by atomic mass is 16.5. The fourth-order valence-electron chi connectivity index (χ4n) is 12.8. The molecule has 0 spiro atoms. The van der Waals surface area contributed by atoms with Crippen molar-refractivity contribution in [3.8, 4) is 0 Å². The van der Waals surface area contributed by atoms with Gasteiger partial charge >= 0.3 is 0 Å². The van der Waals surface area contributed by atoms with Crippen molar-refractivity contribution in [1.82, 2.24) is 44.5 Å². The number of ketones is 3. The van der Waals surface area contributed by atoms with Crippen LogP contribution in [-0.4, -0.2) is 247 Å². The molecular formula is C70H125N9O13. The molecule has 1 fully saturated rings. The summed E-state index contributed by atoms with van der Waals surface area (Å²) in [5.74, 6) is -11.5. The number of rotatable bonds is 20. The van der Waals surface area contributed by atoms with Crippen LogP contribution in [0.15, 0.2) is 12.2 Å². The van der Waals surface area contributed by atoms with Crippen LogP contribution < -0.4 is 5.32 Å². The summed E-state index contributed by atoms with van der Waals surface area (Å²) in [6.07, 6.45) is 2.78. The van der Waals surface area contributed by atoms with E-state index >= 15 is 33.6 Å². The van der Waals surface area contributed by atoms with Gasteiger partial charge in [0.1, 0.15) is 42.0 Å². The number of nitrogens with zero attached hydrogens (tertiary/aromatic N) is 8. The van der Waals surface area contributed by atoms with Crippen LogP contribution in [0.1, 0.15) is 175 Å². The smallest absolute Gasteiger partial charge is 0.246 e. The number of allylic oxidation sites excluding steroid dienone is 2. The summed E-state index contributed by atoms with van der Waals surface area (Å²) in [5, 5.41) is 15.1. The minimum Gasteiger partial charge on any atom is -0.390 e. The van der Waals surface area contributed by atoms with Gasteiger partial charge in [-0.05, 0) is 108 Å². The molecule has 1 unspecified atom stereocenters. The molecule has 1 saturated heterocycles. The third-order valence-electron chi connectivity index (χ3n) is 18.6. The summed E-state index contributed by atoms with van der Waals surface area (Å²) >= 11 is 0. The van der Waals surface area contributed by atoms with E-state index < -0.39 is 149 Å². The van der Waals surface area contributed by atoms with E-state index in [1.807, 2.05) is 73.5 Å². The van der Waals surface area contributed by atoms with Crippen molar-refractivity contribution in [3.63, 3.8) is 0 Å². The maximum absolute atomic E-state index is 15.3. The number of methoxy groups -OCH3 is 1. The monoisotopic (exact) mass is 1300 g/mol. The van der Waals surface area contributed by atoms with E-state index in [2.05, 4.69) is 5.32 Å². The Bertz CT molecular complexity index is 2480. The Hall–Kier alpha value is -5.61. The van der Waals surface area contributed by atoms with Crippen LogP contribution >= 0.6 is 0 Å². The molecule has 0 saturated carbocycles. The second-order valence-corrected chi connectivity index (χ2v) is 29.0. The Kier molecular flexibility index (Phi) is 36.1. The summed E-state index contributed by atoms with van der Waals surface area (Å²) in [4.78, 5) is 176. The van der Waals surface area contributed by atoms with Gasteiger partial charge in [0.25, 0.3) is 0 Å². The number of nitrogens with one attached hydrogen (secondary N) is 1. The van der Waals surface area contributed by atoms with E-state index in [1.54, 1.807) is 68.4 Å². The van der Waals surface area contributed by atoms with Crippen molar-refractivity contribution >= 4 is 64.6 Å². The van der Waals surface area contributed by atoms with Crippen molar-refractivity contribution < 1.29 is 62.6 Å². The number of aliphatic hydroxyl groups is 1. The molecule has 0 bridgehead atoms. The van der Waals surface area contributed by atoms with Crippen LogP contribution in [0.5, 0.6) is 0 Å². The quantitative estimate of drug-likeness (QED) is 0.124. The van der Waals surface area contributed by atoms with Gasteiger partial charge in [0.2, 0.25) is 47.3 Å². The van der Waals surface area contributed by atoms with Gasteiger partial charge in [-0.3, -0.25) is 52.7 Å². The van der Waals surface area contributed by atoms with E-state index in [4.69, 9.17) is 4.74 Å². The topological polar surface area (TPSA) is 255 Å². The number of Topliss-reactive ketones (excluding diaryl/α,β-unsaturated/α-hetero) is 3. The Morgan fingerprint density at radius 2 is 0.978 bits per heavy atom. The van der Waals surface area contributed by atoms with Crippen LogP contribution in [0.3, 0.4) is 0 Å². The molecule has 8 amide bonds. The third kappa shape index (κ3) is 23.7. The minimum absolute atomic E-state index is 0.0140. The lowest BCUT2D eigenvalue weighted by Gasteiger charge is -2.41. The molecule has 528 valence electrons. The molecule has 1 heterocycles. The molecule has 1 aliphatic rings. The summed E-state index contributed by atoms with van der Waals surface area (Å²) in [6, 6.07) is -9.75. The molecule has 14 atom stereocenters. The molecule has 2 N–H and O–H groups in total. The van der Waals surface area contributed by atoms with Gasteiger partial charge in [-0.15, -0.1) is 0 Å². The predicted molar refractivity (Wildman–Crippen MR) is 360 cm³/mol. The van der Waals surface area contributed by atoms with Gasteiger partial charge in [0, 0.05) is 99.4 Å². The predicted octanol–water partition coefficient (Wildman–Crippen LogP) is 6.49. The Balaban J connectivity index is 4.56. The standard InChI is InChI=1S/C70H125N9O13/c1-27-29-31-46(13)62(83)61-63(84)71-51(28-2)66(87)73(19)52(32-30-33-72(17)18)67(88)78(24)60(49(16)40-92-26)58(82)39-50(44(9)10)65(86)74(20)53(34-41(3)4)57(81)37-47(14)56(80)38-48(15)64(85)75(21)54(35-42(5)6)68(89)76(22)55(36-43(7)8)69(90)77(23)59(45(11)12)70(91)79(61)25/h27,29,41-55,59-62,83H,28,30-40H2,1-26H3,(H,71,84)/b29-27+/t46-,47-,48+,49-,50+,51+,52-,53+,54+,55+,59+,60+,61?,62-/m1/s1. The molecule has 0 radical (unpaired) electrons. The number of hydrogen-bond donors (Lipinski definition) is 2. The molecule has 0 aliphatic carbocycles. The number of carbonyl (C=O) groups is 11. The fourth-order valence-corrected chi connectivity index (χ4v) is 12.8. The Morgan fingerprint density at radius 1 is 0.533 bits per heavy atom. The SMILES string of the molecule is C/C=C/C[C@@H](C)[C@@H](O)C1C(=O)N[C@@H](CC)C(=O)N(C)[C@H](CCCN(C)C)C(=O)N(C)[C@@H]([C@H](C)COC)C(=O)C[C@@H](C(C)C)C(=O)N(C)[C@@H](CC(C)C)C(=O)C[C@@H](C)C(=O)C[C@H](C)C(=O)N(C)[C@@H](CC(C)C)C(=O)N(C)[C@@H](CC(C)C)C(=O)N(C)[C@@H](C(C)C)C(=O)N1C. The number of hydrogen-bond acceptors (Lipinski definition) is 14. The van der Waals surface area contributed by atoms with Crippen LogP contribution in [0.2, 0.25) is 0 Å². The summed E-state index contributed by atoms with van der Waals surface area (Å²) < 4.78 is 5.58. The van der Waals surface area contributed by atoms with Gasteiger partial charge in [0.05, 0.1) is 24.8 Å². The summed E-state index contributed by atoms with van der Waals surface area (Å²) in [5.41, 5.74) is 0. The largest absolute Gasteiger partial charge is 0.390 e. The van der Waals surface area contributed by atoms with Gasteiger partial charge in [-0.2, -0.15) is 0 Å². The normalized spacial score (nSPS) is 27.2. The lowest BCUT2D eigenvalue weighted by molar-refractivity contribution is -0.157. The van der Waals surface area contributed by atoms with Crippen molar-refractivity contribution in [3.05, 3.63) is 12.2 Å². The molecule has 1 aliphatic heterocycles. The fraction of sp³-hybridized carbons (Fsp3) is 0.814. The van der Waals surface area contributed by atoms with E-state index in [1.165, 1.54) is 85.8 Å². The lowest BCUT2D eigenvalue weighted by atomic mass is 9.83. The van der Waals surface area contributed by atoms with Crippen molar-refractivity contribution in [1.29, 1.82) is 0 Å². The zero-order chi connectivity index (χ0) is 71.3. The number of aliphatic hydroxyl groups excluding tert-OH is 1. The lowest BCUT2D eigenvalue weighted by Crippen LogP contribution is -2.64. The van der Waals surface area contributed by atoms with Gasteiger partial charge in [0.15, 0.2) is 11.6 Å². The Labute approximate surface area is 554 Å². The van der Waals surface area contributed by atoms with Crippen LogP contribution in [-0.2, 0) is 57.5 Å². The van der Waals surface area contributed by atoms with Crippen molar-refractivity contribution in [2.24, 2.45) is 59.2 Å². The molecule has 92 heavy (non-hydrogen) atoms. The summed E-state index contributed by atoms with van der Waals surface area (Å²) in [6.45, 7) is 29.3. The first-order valence-electron chi connectivity index (χ1n) is 33.8. The average Bonchev–Trinajstić information content (AvgIpc) is 0.821. The molecule has 0 aromatic carbocycles. The second-order valence-electron chi connectivity index (χ2n) is 29.0. The number of carbonyl (C=O) groups excluding carboxylic acids is 11. The van der Waals surface area contributed by atoms with Gasteiger partial charge in [-0.1, -0.05) is 116 Å². The van der Waals surface area contributed by atoms with E-state index in [0.29, 0.717) is 19.4 Å². The van der Waals surface area contributed by atoms with E-state index in [-0.39, 0.29) is 87.3 Å². The first kappa shape index (κ1) is 84.4. The number of amides is 8. The highest BCUT2D eigenvalue weighted by molar-refractivity contribution is 6.00. The van der Waals surface area contributed by atoms with Crippen molar-refractivity contribution in [2.75, 3.05) is 83.7 Å². The molecular weight excluding hydrogens is 1170 g/mol. The van der Waals surface area contributed by atoms with E-state index in [9.17, 15) is 24.3 Å². The molecule has 1 rings (SSSR count). The van der Waals surface area contributed by atoms with Crippen LogP contribution in [0.4, 0.5) is 0 Å². The first-order chi connectivity index (χ1) is 42.6. The zero-order valence-corrected chi connectivity index (χ0v) is 61.5. The minimum atomic E-state index is -1.62.